The molecule has 0 radical (unpaired) electrons. The van der Waals surface area contributed by atoms with Crippen molar-refractivity contribution in [2.75, 3.05) is 0 Å². The molecule has 7 heteroatoms. The highest BCUT2D eigenvalue weighted by Gasteiger charge is 2.18. The number of nitrogens with two attached hydrogens (primary N) is 1. The minimum absolute atomic E-state index is 0.107. The summed E-state index contributed by atoms with van der Waals surface area (Å²) in [6.45, 7) is 5.73. The van der Waals surface area contributed by atoms with E-state index in [1.165, 1.54) is 10.9 Å². The van der Waals surface area contributed by atoms with Gasteiger partial charge in [-0.05, 0) is 24.0 Å². The molecule has 1 amide bonds. The fourth-order valence-electron chi connectivity index (χ4n) is 2.81. The first-order valence-corrected chi connectivity index (χ1v) is 9.02. The van der Waals surface area contributed by atoms with Gasteiger partial charge in [-0.15, -0.1) is 11.3 Å². The van der Waals surface area contributed by atoms with E-state index >= 15 is 0 Å². The molecule has 26 heavy (non-hydrogen) atoms. The molecule has 6 nitrogen and oxygen atoms in total. The lowest BCUT2D eigenvalue weighted by Crippen LogP contribution is -2.24. The molecule has 0 aliphatic rings. The van der Waals surface area contributed by atoms with Gasteiger partial charge >= 0.3 is 0 Å². The van der Waals surface area contributed by atoms with Crippen LogP contribution in [0.2, 0.25) is 0 Å². The van der Waals surface area contributed by atoms with Crippen LogP contribution in [-0.4, -0.2) is 21.2 Å². The van der Waals surface area contributed by atoms with Crippen molar-refractivity contribution in [3.05, 3.63) is 62.5 Å². The van der Waals surface area contributed by atoms with Crippen LogP contribution >= 0.6 is 11.3 Å². The fraction of sp³-hybridized carbons (Fsp3) is 0.263. The van der Waals surface area contributed by atoms with Crippen LogP contribution in [-0.2, 0) is 6.54 Å². The van der Waals surface area contributed by atoms with E-state index in [-0.39, 0.29) is 17.9 Å². The summed E-state index contributed by atoms with van der Waals surface area (Å²) < 4.78 is 1.27. The topological polar surface area (TPSA) is 95.1 Å². The Morgan fingerprint density at radius 1 is 1.23 bits per heavy atom. The SMILES string of the molecule is Cc1c(C(N)=O)sc2ncn(CC(=O)c3ccc(C(C)C)cc3)c(=O)c12. The average Bonchev–Trinajstić information content (AvgIpc) is 2.95. The molecule has 0 saturated heterocycles. The number of aryl methyl sites for hydroxylation is 1. The zero-order valence-electron chi connectivity index (χ0n) is 14.8. The quantitative estimate of drug-likeness (QED) is 0.700. The van der Waals surface area contributed by atoms with Crippen molar-refractivity contribution in [2.24, 2.45) is 5.73 Å². The highest BCUT2D eigenvalue weighted by atomic mass is 32.1. The number of Topliss-reactive ketones (excluding diaryl/α,β-unsaturated/α-hetero) is 1. The number of fused-ring (bicyclic) bond motifs is 1. The van der Waals surface area contributed by atoms with Crippen LogP contribution in [0.3, 0.4) is 0 Å². The van der Waals surface area contributed by atoms with E-state index in [9.17, 15) is 14.4 Å². The van der Waals surface area contributed by atoms with Crippen molar-refractivity contribution in [2.45, 2.75) is 33.2 Å². The lowest BCUT2D eigenvalue weighted by Gasteiger charge is -2.08. The highest BCUT2D eigenvalue weighted by molar-refractivity contribution is 7.20. The third kappa shape index (κ3) is 3.17. The molecule has 0 unspecified atom stereocenters. The Bertz CT molecular complexity index is 1060. The first-order chi connectivity index (χ1) is 12.3. The summed E-state index contributed by atoms with van der Waals surface area (Å²) in [7, 11) is 0. The summed E-state index contributed by atoms with van der Waals surface area (Å²) in [5.41, 5.74) is 7.20. The Morgan fingerprint density at radius 3 is 2.46 bits per heavy atom. The van der Waals surface area contributed by atoms with Crippen molar-refractivity contribution < 1.29 is 9.59 Å². The summed E-state index contributed by atoms with van der Waals surface area (Å²) >= 11 is 1.09. The van der Waals surface area contributed by atoms with Gasteiger partial charge in [0.2, 0.25) is 0 Å². The van der Waals surface area contributed by atoms with Crippen LogP contribution in [0.25, 0.3) is 10.2 Å². The molecule has 0 fully saturated rings. The maximum absolute atomic E-state index is 12.7. The van der Waals surface area contributed by atoms with E-state index in [1.54, 1.807) is 19.1 Å². The third-order valence-electron chi connectivity index (χ3n) is 4.35. The average molecular weight is 369 g/mol. The van der Waals surface area contributed by atoms with Crippen LogP contribution in [0.1, 0.15) is 50.9 Å². The molecule has 3 rings (SSSR count). The van der Waals surface area contributed by atoms with Crippen molar-refractivity contribution in [1.29, 1.82) is 0 Å². The molecule has 2 N–H and O–H groups in total. The molecule has 2 aromatic heterocycles. The molecule has 0 spiro atoms. The first kappa shape index (κ1) is 18.0. The lowest BCUT2D eigenvalue weighted by molar-refractivity contribution is 0.0968. The zero-order valence-corrected chi connectivity index (χ0v) is 15.6. The van der Waals surface area contributed by atoms with Gasteiger partial charge in [0.25, 0.3) is 11.5 Å². The second-order valence-electron chi connectivity index (χ2n) is 6.48. The number of hydrogen-bond donors (Lipinski definition) is 1. The third-order valence-corrected chi connectivity index (χ3v) is 5.57. The number of nitrogens with zero attached hydrogens (tertiary/aromatic N) is 2. The van der Waals surface area contributed by atoms with Gasteiger partial charge < -0.3 is 5.73 Å². The largest absolute Gasteiger partial charge is 0.365 e. The molecule has 0 aliphatic heterocycles. The minimum Gasteiger partial charge on any atom is -0.365 e. The number of benzene rings is 1. The number of ketones is 1. The van der Waals surface area contributed by atoms with Gasteiger partial charge in [0.05, 0.1) is 23.1 Å². The highest BCUT2D eigenvalue weighted by Crippen LogP contribution is 2.26. The molecule has 1 aromatic carbocycles. The van der Waals surface area contributed by atoms with Crippen molar-refractivity contribution >= 4 is 33.2 Å². The van der Waals surface area contributed by atoms with Gasteiger partial charge in [0, 0.05) is 5.56 Å². The van der Waals surface area contributed by atoms with E-state index < -0.39 is 5.91 Å². The zero-order chi connectivity index (χ0) is 19.0. The first-order valence-electron chi connectivity index (χ1n) is 8.21. The number of thiophene rings is 1. The van der Waals surface area contributed by atoms with Crippen LogP contribution in [0.5, 0.6) is 0 Å². The van der Waals surface area contributed by atoms with E-state index in [4.69, 9.17) is 5.73 Å². The summed E-state index contributed by atoms with van der Waals surface area (Å²) in [5.74, 6) is -0.376. The Kier molecular flexibility index (Phi) is 4.73. The molecule has 134 valence electrons. The van der Waals surface area contributed by atoms with E-state index in [1.807, 2.05) is 12.1 Å². The van der Waals surface area contributed by atoms with Crippen molar-refractivity contribution in [3.63, 3.8) is 0 Å². The Balaban J connectivity index is 1.94. The van der Waals surface area contributed by atoms with E-state index in [0.29, 0.717) is 32.1 Å². The second kappa shape index (κ2) is 6.84. The summed E-state index contributed by atoms with van der Waals surface area (Å²) in [6.07, 6.45) is 1.34. The maximum atomic E-state index is 12.7. The maximum Gasteiger partial charge on any atom is 0.262 e. The van der Waals surface area contributed by atoms with Crippen molar-refractivity contribution in [1.82, 2.24) is 9.55 Å². The number of amides is 1. The van der Waals surface area contributed by atoms with Crippen molar-refractivity contribution in [3.8, 4) is 0 Å². The summed E-state index contributed by atoms with van der Waals surface area (Å²) in [4.78, 5) is 41.7. The van der Waals surface area contributed by atoms with Crippen LogP contribution < -0.4 is 11.3 Å². The number of hydrogen-bond acceptors (Lipinski definition) is 5. The number of aromatic nitrogens is 2. The smallest absolute Gasteiger partial charge is 0.262 e. The molecular weight excluding hydrogens is 350 g/mol. The van der Waals surface area contributed by atoms with Gasteiger partial charge in [-0.3, -0.25) is 19.0 Å². The van der Waals surface area contributed by atoms with Gasteiger partial charge in [0.15, 0.2) is 5.78 Å². The molecule has 0 saturated carbocycles. The Labute approximate surface area is 154 Å². The fourth-order valence-corrected chi connectivity index (χ4v) is 3.80. The molecular formula is C19H19N3O3S. The summed E-state index contributed by atoms with van der Waals surface area (Å²) in [5, 5.41) is 0.342. The van der Waals surface area contributed by atoms with Crippen LogP contribution in [0.15, 0.2) is 35.4 Å². The molecule has 0 aliphatic carbocycles. The number of carbonyl (C=O) groups excluding carboxylic acids is 2. The molecule has 3 aromatic rings. The van der Waals surface area contributed by atoms with Gasteiger partial charge in [0.1, 0.15) is 4.83 Å². The monoisotopic (exact) mass is 369 g/mol. The van der Waals surface area contributed by atoms with Crippen LogP contribution in [0, 0.1) is 6.92 Å². The number of rotatable bonds is 5. The standard InChI is InChI=1S/C19H19N3O3S/c1-10(2)12-4-6-13(7-5-12)14(23)8-22-9-21-18-15(19(22)25)11(3)16(26-18)17(20)24/h4-7,9-10H,8H2,1-3H3,(H2,20,24). The normalized spacial score (nSPS) is 11.2. The Morgan fingerprint density at radius 2 is 1.88 bits per heavy atom. The number of carbonyl (C=O) groups is 2. The summed E-state index contributed by atoms with van der Waals surface area (Å²) in [6, 6.07) is 7.39. The van der Waals surface area contributed by atoms with Gasteiger partial charge in [-0.2, -0.15) is 0 Å². The Hall–Kier alpha value is -2.80. The van der Waals surface area contributed by atoms with Crippen LogP contribution in [0.4, 0.5) is 0 Å². The molecule has 0 bridgehead atoms. The predicted molar refractivity (Wildman–Crippen MR) is 102 cm³/mol. The second-order valence-corrected chi connectivity index (χ2v) is 7.48. The van der Waals surface area contributed by atoms with E-state index in [2.05, 4.69) is 18.8 Å². The predicted octanol–water partition coefficient (Wildman–Crippen LogP) is 2.87. The lowest BCUT2D eigenvalue weighted by atomic mass is 10.0. The van der Waals surface area contributed by atoms with E-state index in [0.717, 1.165) is 16.9 Å². The molecule has 2 heterocycles. The van der Waals surface area contributed by atoms with Gasteiger partial charge in [-0.1, -0.05) is 38.1 Å². The minimum atomic E-state index is -0.585. The van der Waals surface area contributed by atoms with Gasteiger partial charge in [-0.25, -0.2) is 4.98 Å². The number of primary amides is 1. The molecule has 0 atom stereocenters.